The van der Waals surface area contributed by atoms with Crippen molar-refractivity contribution in [3.63, 3.8) is 0 Å². The van der Waals surface area contributed by atoms with Crippen molar-refractivity contribution in [1.82, 2.24) is 0 Å². The fraction of sp³-hybridized carbons (Fsp3) is 0.350. The Morgan fingerprint density at radius 3 is 1.96 bits per heavy atom. The van der Waals surface area contributed by atoms with Gasteiger partial charge in [0.1, 0.15) is 11.5 Å². The second-order valence-corrected chi connectivity index (χ2v) is 3.55. The lowest BCUT2D eigenvalue weighted by Crippen LogP contribution is -1.99. The van der Waals surface area contributed by atoms with Gasteiger partial charge in [0, 0.05) is 12.5 Å². The molecule has 0 heterocycles. The van der Waals surface area contributed by atoms with Gasteiger partial charge in [-0.15, -0.1) is 13.2 Å². The molecule has 0 saturated heterocycles. The highest BCUT2D eigenvalue weighted by Crippen LogP contribution is 2.24. The minimum Gasteiger partial charge on any atom is -0.508 e. The van der Waals surface area contributed by atoms with Crippen molar-refractivity contribution in [2.45, 2.75) is 41.0 Å². The van der Waals surface area contributed by atoms with E-state index >= 15 is 0 Å². The van der Waals surface area contributed by atoms with Crippen molar-refractivity contribution < 1.29 is 19.4 Å². The zero-order chi connectivity index (χ0) is 20.1. The summed E-state index contributed by atoms with van der Waals surface area (Å²) in [6.07, 6.45) is 3.58. The van der Waals surface area contributed by atoms with Crippen LogP contribution in [-0.2, 0) is 0 Å². The predicted octanol–water partition coefficient (Wildman–Crippen LogP) is 6.24. The summed E-state index contributed by atoms with van der Waals surface area (Å²) in [6.45, 7) is 19.4. The molecule has 1 aromatic rings. The molecule has 0 amide bonds. The van der Waals surface area contributed by atoms with Crippen LogP contribution in [0.5, 0.6) is 11.5 Å². The summed E-state index contributed by atoms with van der Waals surface area (Å²) in [5.74, 6) is -0.447. The molecule has 3 nitrogen and oxygen atoms in total. The zero-order valence-corrected chi connectivity index (χ0v) is 15.9. The number of alkyl halides is 1. The summed E-state index contributed by atoms with van der Waals surface area (Å²) in [5.41, 5.74) is 1.09. The van der Waals surface area contributed by atoms with Crippen molar-refractivity contribution in [2.24, 2.45) is 0 Å². The molecule has 1 rings (SSSR count). The largest absolute Gasteiger partial charge is 0.508 e. The number of benzene rings is 1. The Morgan fingerprint density at radius 1 is 1.12 bits per heavy atom. The predicted molar refractivity (Wildman–Crippen MR) is 104 cm³/mol. The molecule has 0 fully saturated rings. The number of rotatable bonds is 4. The molecule has 2 N–H and O–H groups in total. The molecule has 0 atom stereocenters. The summed E-state index contributed by atoms with van der Waals surface area (Å²) in [6, 6.07) is 3.94. The van der Waals surface area contributed by atoms with Crippen molar-refractivity contribution in [3.05, 3.63) is 61.2 Å². The van der Waals surface area contributed by atoms with Gasteiger partial charge in [-0.25, -0.2) is 0 Å². The molecule has 0 radical (unpaired) electrons. The zero-order valence-electron chi connectivity index (χ0n) is 15.9. The maximum Gasteiger partial charge on any atom is 0.170 e. The fourth-order valence-corrected chi connectivity index (χ4v) is 1.36. The van der Waals surface area contributed by atoms with Crippen LogP contribution in [-0.4, -0.2) is 23.2 Å². The Balaban J connectivity index is -0.000000218. The number of Topliss-reactive ketones (excluding diaryl/α,β-unsaturated/α-hetero) is 1. The molecule has 1 aromatic carbocycles. The monoisotopic (exact) mass is 340 g/mol. The third-order valence-electron chi connectivity index (χ3n) is 2.12. The number of hydrogen-bond acceptors (Lipinski definition) is 3. The molecule has 24 heavy (non-hydrogen) atoms. The number of carbonyl (C=O) groups is 1. The van der Waals surface area contributed by atoms with E-state index in [4.69, 9.17) is 5.11 Å². The van der Waals surface area contributed by atoms with Gasteiger partial charge in [0.15, 0.2) is 5.78 Å². The van der Waals surface area contributed by atoms with Gasteiger partial charge in [-0.3, -0.25) is 9.18 Å². The van der Waals surface area contributed by atoms with Crippen molar-refractivity contribution >= 4 is 5.78 Å². The summed E-state index contributed by atoms with van der Waals surface area (Å²) in [5, 5.41) is 18.6. The van der Waals surface area contributed by atoms with Crippen molar-refractivity contribution in [1.29, 1.82) is 0 Å². The molecule has 0 aromatic heterocycles. The summed E-state index contributed by atoms with van der Waals surface area (Å²) < 4.78 is 9.50. The minimum absolute atomic E-state index is 0.0626. The number of carbonyl (C=O) groups excluding carboxylic acids is 1. The lowest BCUT2D eigenvalue weighted by molar-refractivity contribution is 0.0990. The molecular weight excluding hydrogens is 307 g/mol. The van der Waals surface area contributed by atoms with E-state index in [1.807, 2.05) is 34.6 Å². The van der Waals surface area contributed by atoms with E-state index < -0.39 is 0 Å². The van der Waals surface area contributed by atoms with E-state index in [1.165, 1.54) is 12.1 Å². The van der Waals surface area contributed by atoms with Gasteiger partial charge < -0.3 is 10.2 Å². The second kappa shape index (κ2) is 22.9. The first-order chi connectivity index (χ1) is 11.5. The third kappa shape index (κ3) is 14.6. The summed E-state index contributed by atoms with van der Waals surface area (Å²) in [4.78, 5) is 11.7. The van der Waals surface area contributed by atoms with Crippen LogP contribution in [0.2, 0.25) is 0 Å². The highest BCUT2D eigenvalue weighted by Gasteiger charge is 2.11. The lowest BCUT2D eigenvalue weighted by atomic mass is 10.0. The van der Waals surface area contributed by atoms with Crippen LogP contribution < -0.4 is 0 Å². The van der Waals surface area contributed by atoms with E-state index in [0.29, 0.717) is 7.18 Å². The molecule has 0 unspecified atom stereocenters. The van der Waals surface area contributed by atoms with Crippen LogP contribution in [0, 0.1) is 0 Å². The number of ketones is 1. The fourth-order valence-electron chi connectivity index (χ4n) is 1.36. The van der Waals surface area contributed by atoms with E-state index in [0.717, 1.165) is 11.6 Å². The molecular formula is C20H33FO3. The van der Waals surface area contributed by atoms with Crippen molar-refractivity contribution in [2.75, 3.05) is 7.18 Å². The number of halogens is 1. The summed E-state index contributed by atoms with van der Waals surface area (Å²) in [7, 11) is 0.500. The molecule has 0 spiro atoms. The van der Waals surface area contributed by atoms with Crippen LogP contribution in [0.25, 0.3) is 0 Å². The second-order valence-electron chi connectivity index (χ2n) is 3.55. The van der Waals surface area contributed by atoms with Gasteiger partial charge in [-0.2, -0.15) is 0 Å². The maximum absolute atomic E-state index is 11.7. The number of phenolic OH excluding ortho intramolecular Hbond substituents is 2. The van der Waals surface area contributed by atoms with Gasteiger partial charge in [-0.1, -0.05) is 52.0 Å². The minimum atomic E-state index is -0.198. The van der Waals surface area contributed by atoms with Gasteiger partial charge in [0.05, 0.1) is 12.7 Å². The quantitative estimate of drug-likeness (QED) is 0.387. The molecule has 0 aliphatic carbocycles. The molecule has 0 aliphatic rings. The molecule has 138 valence electrons. The lowest BCUT2D eigenvalue weighted by Gasteiger charge is -2.04. The van der Waals surface area contributed by atoms with Gasteiger partial charge in [0.2, 0.25) is 0 Å². The molecule has 0 saturated carbocycles. The first-order valence-electron chi connectivity index (χ1n) is 7.75. The number of phenols is 2. The highest BCUT2D eigenvalue weighted by molar-refractivity contribution is 6.00. The smallest absolute Gasteiger partial charge is 0.170 e. The topological polar surface area (TPSA) is 57.5 Å². The maximum atomic E-state index is 11.7. The Bertz CT molecular complexity index is 466. The highest BCUT2D eigenvalue weighted by atomic mass is 19.1. The van der Waals surface area contributed by atoms with Crippen LogP contribution in [0.15, 0.2) is 55.7 Å². The summed E-state index contributed by atoms with van der Waals surface area (Å²) >= 11 is 0. The molecule has 0 aliphatic heterocycles. The first-order valence-corrected chi connectivity index (χ1v) is 7.75. The van der Waals surface area contributed by atoms with Gasteiger partial charge in [0.25, 0.3) is 0 Å². The van der Waals surface area contributed by atoms with Crippen LogP contribution in [0.4, 0.5) is 4.39 Å². The van der Waals surface area contributed by atoms with Gasteiger partial charge in [-0.05, 0) is 19.1 Å². The van der Waals surface area contributed by atoms with E-state index in [1.54, 1.807) is 12.2 Å². The average Bonchev–Trinajstić information content (AvgIpc) is 2.62. The molecule has 4 heteroatoms. The Kier molecular flexibility index (Phi) is 28.3. The van der Waals surface area contributed by atoms with Crippen LogP contribution >= 0.6 is 0 Å². The third-order valence-corrected chi connectivity index (χ3v) is 2.12. The SMILES string of the molecule is C=C.C=C/C=C(\C)CC(=O)c1ccc(O)cc1O.CC.CC.CF. The number of aromatic hydroxyl groups is 2. The van der Waals surface area contributed by atoms with Gasteiger partial charge >= 0.3 is 0 Å². The Hall–Kier alpha value is -2.36. The van der Waals surface area contributed by atoms with E-state index in [-0.39, 0.29) is 29.3 Å². The Labute approximate surface area is 146 Å². The van der Waals surface area contributed by atoms with Crippen LogP contribution in [0.1, 0.15) is 51.4 Å². The Morgan fingerprint density at radius 2 is 1.58 bits per heavy atom. The average molecular weight is 340 g/mol. The number of allylic oxidation sites excluding steroid dienone is 3. The van der Waals surface area contributed by atoms with E-state index in [2.05, 4.69) is 19.7 Å². The standard InChI is InChI=1S/C13H14O3.2C2H6.C2H4.CH3F/c1-3-4-9(2)7-12(15)11-6-5-10(14)8-13(11)16;4*1-2/h3-6,8,14,16H,1,7H2,2H3;2*1-2H3;1-2H2;1H3/b9-4+;;;;. The first kappa shape index (κ1) is 29.6. The van der Waals surface area contributed by atoms with Crippen LogP contribution in [0.3, 0.4) is 0 Å². The van der Waals surface area contributed by atoms with Crippen molar-refractivity contribution in [3.8, 4) is 11.5 Å². The molecule has 0 bridgehead atoms. The number of hydrogen-bond donors (Lipinski definition) is 2. The normalized spacial score (nSPS) is 8.38. The van der Waals surface area contributed by atoms with E-state index in [9.17, 15) is 14.3 Å².